The summed E-state index contributed by atoms with van der Waals surface area (Å²) in [5, 5.41) is 13.8. The van der Waals surface area contributed by atoms with Gasteiger partial charge < -0.3 is 21.0 Å². The fourth-order valence-electron chi connectivity index (χ4n) is 4.64. The van der Waals surface area contributed by atoms with Gasteiger partial charge in [-0.2, -0.15) is 13.5 Å². The fraction of sp³-hybridized carbons (Fsp3) is 0.409. The van der Waals surface area contributed by atoms with Crippen LogP contribution in [0.25, 0.3) is 0 Å². The van der Waals surface area contributed by atoms with E-state index >= 15 is 0 Å². The number of amides is 1. The van der Waals surface area contributed by atoms with Crippen molar-refractivity contribution in [3.63, 3.8) is 0 Å². The van der Waals surface area contributed by atoms with Gasteiger partial charge in [0.1, 0.15) is 23.9 Å². The lowest BCUT2D eigenvalue weighted by atomic mass is 9.71. The molecule has 4 rings (SSSR count). The normalized spacial score (nSPS) is 18.9. The van der Waals surface area contributed by atoms with Gasteiger partial charge in [-0.15, -0.1) is 15.6 Å². The minimum atomic E-state index is -4.91. The van der Waals surface area contributed by atoms with Crippen LogP contribution in [0.1, 0.15) is 43.4 Å². The molecule has 38 heavy (non-hydrogen) atoms. The number of ether oxygens (including phenoxy) is 1. The Balaban J connectivity index is 1.42. The maximum atomic E-state index is 13.3. The number of nitrogen functional groups attached to an aromatic ring is 2. The molecule has 1 aliphatic carbocycles. The van der Waals surface area contributed by atoms with E-state index in [0.29, 0.717) is 42.1 Å². The maximum Gasteiger partial charge on any atom is 0.418 e. The van der Waals surface area contributed by atoms with Crippen molar-refractivity contribution in [2.24, 2.45) is 16.8 Å². The number of hydrogen-bond donors (Lipinski definition) is 4. The summed E-state index contributed by atoms with van der Waals surface area (Å²) in [6.45, 7) is 0.0723. The topological polar surface area (TPSA) is 221 Å². The first-order valence-corrected chi connectivity index (χ1v) is 13.8. The van der Waals surface area contributed by atoms with Crippen LogP contribution < -0.4 is 16.2 Å². The third-order valence-electron chi connectivity index (χ3n) is 6.37. The zero-order chi connectivity index (χ0) is 27.5. The van der Waals surface area contributed by atoms with E-state index in [4.69, 9.17) is 31.0 Å². The van der Waals surface area contributed by atoms with Crippen molar-refractivity contribution in [2.45, 2.75) is 37.6 Å². The van der Waals surface area contributed by atoms with Crippen LogP contribution in [0.2, 0.25) is 0 Å². The van der Waals surface area contributed by atoms with E-state index < -0.39 is 33.5 Å². The number of Topliss-reactive ketones (excluding diaryl/α,β-unsaturated/α-hetero) is 1. The highest BCUT2D eigenvalue weighted by Gasteiger charge is 2.63. The van der Waals surface area contributed by atoms with E-state index in [0.717, 1.165) is 11.3 Å². The van der Waals surface area contributed by atoms with Crippen LogP contribution in [-0.4, -0.2) is 65.0 Å². The quantitative estimate of drug-likeness (QED) is 0.0715. The summed E-state index contributed by atoms with van der Waals surface area (Å²) in [7, 11) is -4.91. The molecule has 1 saturated heterocycles. The molecule has 1 aromatic carbocycles. The molecule has 204 valence electrons. The lowest BCUT2D eigenvalue weighted by molar-refractivity contribution is -0.235. The fourth-order valence-corrected chi connectivity index (χ4v) is 5.60. The summed E-state index contributed by atoms with van der Waals surface area (Å²) in [4.78, 5) is 35.4. The van der Waals surface area contributed by atoms with Crippen molar-refractivity contribution in [1.29, 1.82) is 5.41 Å². The number of oxime groups is 1. The monoisotopic (exact) mass is 566 g/mol. The van der Waals surface area contributed by atoms with Crippen molar-refractivity contribution in [1.82, 2.24) is 10.0 Å². The molecule has 1 aliphatic heterocycles. The average molecular weight is 567 g/mol. The Kier molecular flexibility index (Phi) is 7.96. The van der Waals surface area contributed by atoms with Gasteiger partial charge in [0.05, 0.1) is 11.5 Å². The Hall–Kier alpha value is -3.60. The average Bonchev–Trinajstić information content (AvgIpc) is 3.53. The predicted molar refractivity (Wildman–Crippen MR) is 136 cm³/mol. The number of amidine groups is 1. The molecule has 14 nitrogen and oxygen atoms in total. The molecule has 2 aromatic rings. The van der Waals surface area contributed by atoms with Crippen LogP contribution in [-0.2, 0) is 29.1 Å². The first kappa shape index (κ1) is 27.4. The molecule has 16 heteroatoms. The molecule has 2 aliphatic rings. The Morgan fingerprint density at radius 3 is 2.53 bits per heavy atom. The lowest BCUT2D eigenvalue weighted by Crippen LogP contribution is -2.70. The summed E-state index contributed by atoms with van der Waals surface area (Å²) < 4.78 is 41.6. The Bertz CT molecular complexity index is 1350. The number of hydroxylamine groups is 2. The summed E-state index contributed by atoms with van der Waals surface area (Å²) in [5.41, 5.74) is 10.7. The van der Waals surface area contributed by atoms with Crippen molar-refractivity contribution in [2.75, 3.05) is 18.9 Å². The van der Waals surface area contributed by atoms with Gasteiger partial charge in [0, 0.05) is 17.4 Å². The Morgan fingerprint density at radius 2 is 1.95 bits per heavy atom. The Morgan fingerprint density at radius 1 is 1.26 bits per heavy atom. The molecular formula is C22H26N6O8S2. The van der Waals surface area contributed by atoms with Crippen molar-refractivity contribution >= 4 is 50.1 Å². The van der Waals surface area contributed by atoms with E-state index in [1.807, 2.05) is 0 Å². The molecule has 2 fully saturated rings. The number of nitrogens with one attached hydrogen (secondary N) is 1. The van der Waals surface area contributed by atoms with Crippen LogP contribution in [0.5, 0.6) is 5.75 Å². The molecule has 0 bridgehead atoms. The number of nitrogens with two attached hydrogens (primary N) is 2. The van der Waals surface area contributed by atoms with Crippen LogP contribution in [0.4, 0.5) is 5.13 Å². The molecule has 1 saturated carbocycles. The zero-order valence-electron chi connectivity index (χ0n) is 20.0. The molecule has 1 spiro atoms. The molecule has 0 radical (unpaired) electrons. The number of carbonyl (C=O) groups excluding carboxylic acids is 2. The zero-order valence-corrected chi connectivity index (χ0v) is 21.7. The van der Waals surface area contributed by atoms with Gasteiger partial charge in [-0.3, -0.25) is 19.6 Å². The largest absolute Gasteiger partial charge is 0.490 e. The number of β-lactam (4-membered cyclic amide) rings is 1. The number of anilines is 1. The number of carbonyl (C=O) groups is 2. The number of ketones is 1. The minimum absolute atomic E-state index is 0.0207. The van der Waals surface area contributed by atoms with Crippen molar-refractivity contribution in [3.8, 4) is 5.75 Å². The highest BCUT2D eigenvalue weighted by molar-refractivity contribution is 7.80. The van der Waals surface area contributed by atoms with E-state index in [1.54, 1.807) is 24.3 Å². The number of aromatic nitrogens is 1. The summed E-state index contributed by atoms with van der Waals surface area (Å²) in [6.07, 6.45) is 1.96. The predicted octanol–water partition coefficient (Wildman–Crippen LogP) is 1.27. The van der Waals surface area contributed by atoms with E-state index in [2.05, 4.69) is 14.4 Å². The highest BCUT2D eigenvalue weighted by atomic mass is 32.3. The molecule has 1 atom stereocenters. The summed E-state index contributed by atoms with van der Waals surface area (Å²) >= 11 is 1.10. The van der Waals surface area contributed by atoms with Crippen LogP contribution in [0.15, 0.2) is 34.8 Å². The first-order chi connectivity index (χ1) is 18.0. The Labute approximate surface area is 222 Å². The third kappa shape index (κ3) is 5.93. The van der Waals surface area contributed by atoms with Crippen LogP contribution in [0, 0.1) is 11.3 Å². The van der Waals surface area contributed by atoms with Gasteiger partial charge in [0.2, 0.25) is 0 Å². The highest BCUT2D eigenvalue weighted by Crippen LogP contribution is 2.51. The van der Waals surface area contributed by atoms with Gasteiger partial charge in [0.25, 0.3) is 5.91 Å². The van der Waals surface area contributed by atoms with Gasteiger partial charge in [-0.25, -0.2) is 4.98 Å². The maximum absolute atomic E-state index is 13.3. The smallest absolute Gasteiger partial charge is 0.418 e. The number of benzene rings is 1. The number of rotatable bonds is 12. The second-order valence-corrected chi connectivity index (χ2v) is 10.7. The molecule has 2 heterocycles. The van der Waals surface area contributed by atoms with Gasteiger partial charge in [0.15, 0.2) is 23.2 Å². The van der Waals surface area contributed by atoms with E-state index in [9.17, 15) is 18.0 Å². The number of thiazole rings is 1. The number of hydrogen-bond acceptors (Lipinski definition) is 12. The van der Waals surface area contributed by atoms with E-state index in [-0.39, 0.29) is 42.0 Å². The first-order valence-electron chi connectivity index (χ1n) is 11.5. The molecule has 1 aromatic heterocycles. The SMILES string of the molecule is N=C(N)c1ccc(OCCO/N=C(\C(=O)CC2C(=O)N(OS(=O)(=O)O)C23CCCC3)c2csc(N)n2)cc1. The second-order valence-electron chi connectivity index (χ2n) is 8.76. The van der Waals surface area contributed by atoms with Crippen molar-refractivity contribution < 1.29 is 36.4 Å². The molecular weight excluding hydrogens is 540 g/mol. The third-order valence-corrected chi connectivity index (χ3v) is 7.38. The standard InChI is InChI=1S/C22H26N6O8S2/c23-19(24)13-3-5-14(6-4-13)34-9-10-35-27-18(16-12-37-21(25)26-16)17(29)11-15-20(30)28(36-38(31,32)33)22(15)7-1-2-8-22/h3-6,12,15H,1-2,7-11H2,(H3,23,24)(H2,25,26)(H,31,32,33)/b27-18-. The number of nitrogens with zero attached hydrogens (tertiary/aromatic N) is 3. The van der Waals surface area contributed by atoms with Crippen LogP contribution in [0.3, 0.4) is 0 Å². The van der Waals surface area contributed by atoms with Gasteiger partial charge in [-0.05, 0) is 37.1 Å². The molecule has 1 unspecified atom stereocenters. The van der Waals surface area contributed by atoms with Gasteiger partial charge in [-0.1, -0.05) is 18.0 Å². The molecule has 1 amide bonds. The summed E-state index contributed by atoms with van der Waals surface area (Å²) in [6, 6.07) is 6.58. The second kappa shape index (κ2) is 11.0. The summed E-state index contributed by atoms with van der Waals surface area (Å²) in [5.74, 6) is -1.67. The lowest BCUT2D eigenvalue weighted by Gasteiger charge is -2.53. The van der Waals surface area contributed by atoms with Crippen molar-refractivity contribution in [3.05, 3.63) is 40.9 Å². The molecule has 6 N–H and O–H groups in total. The van der Waals surface area contributed by atoms with E-state index in [1.165, 1.54) is 5.38 Å². The van der Waals surface area contributed by atoms with Gasteiger partial charge >= 0.3 is 10.4 Å². The van der Waals surface area contributed by atoms with Crippen LogP contribution >= 0.6 is 11.3 Å². The minimum Gasteiger partial charge on any atom is -0.490 e.